The highest BCUT2D eigenvalue weighted by Crippen LogP contribution is 2.26. The van der Waals surface area contributed by atoms with Crippen molar-refractivity contribution < 1.29 is 9.50 Å². The number of hydrogen-bond acceptors (Lipinski definition) is 2. The Morgan fingerprint density at radius 3 is 2.79 bits per heavy atom. The molecule has 0 saturated carbocycles. The van der Waals surface area contributed by atoms with Gasteiger partial charge in [-0.2, -0.15) is 0 Å². The quantitative estimate of drug-likeness (QED) is 0.927. The molecule has 1 unspecified atom stereocenters. The number of aromatic nitrogens is 1. The van der Waals surface area contributed by atoms with E-state index in [-0.39, 0.29) is 5.82 Å². The van der Waals surface area contributed by atoms with Crippen LogP contribution in [0.25, 0.3) is 0 Å². The molecule has 1 heterocycles. The summed E-state index contributed by atoms with van der Waals surface area (Å²) >= 11 is 3.32. The number of pyridine rings is 1. The summed E-state index contributed by atoms with van der Waals surface area (Å²) in [4.78, 5) is 4.06. The van der Waals surface area contributed by atoms with E-state index in [0.29, 0.717) is 10.9 Å². The van der Waals surface area contributed by atoms with Gasteiger partial charge in [0.05, 0.1) is 6.10 Å². The molecule has 0 saturated heterocycles. The van der Waals surface area contributed by atoms with Crippen molar-refractivity contribution in [3.63, 3.8) is 0 Å². The molecule has 1 N–H and O–H groups in total. The zero-order chi connectivity index (χ0) is 13.8. The highest BCUT2D eigenvalue weighted by Gasteiger charge is 2.14. The van der Waals surface area contributed by atoms with Gasteiger partial charge in [0.2, 0.25) is 0 Å². The number of aliphatic hydroxyl groups is 1. The number of halogens is 2. The third-order valence-electron chi connectivity index (χ3n) is 3.11. The van der Waals surface area contributed by atoms with Gasteiger partial charge in [0.1, 0.15) is 5.82 Å². The van der Waals surface area contributed by atoms with E-state index < -0.39 is 6.10 Å². The molecule has 2 nitrogen and oxygen atoms in total. The maximum atomic E-state index is 13.0. The maximum absolute atomic E-state index is 13.0. The highest BCUT2D eigenvalue weighted by molar-refractivity contribution is 9.10. The van der Waals surface area contributed by atoms with Crippen LogP contribution in [0.4, 0.5) is 4.39 Å². The molecule has 0 bridgehead atoms. The summed E-state index contributed by atoms with van der Waals surface area (Å²) in [7, 11) is 0. The van der Waals surface area contributed by atoms with Crippen LogP contribution in [0.5, 0.6) is 0 Å². The number of nitrogens with zero attached hydrogens (tertiary/aromatic N) is 1. The van der Waals surface area contributed by atoms with Crippen molar-refractivity contribution in [2.75, 3.05) is 0 Å². The average Bonchev–Trinajstić information content (AvgIpc) is 2.41. The van der Waals surface area contributed by atoms with Crippen molar-refractivity contribution >= 4 is 15.9 Å². The predicted octanol–water partition coefficient (Wildman–Crippen LogP) is 3.82. The number of hydrogen-bond donors (Lipinski definition) is 1. The number of aliphatic hydroxyl groups excluding tert-OH is 1. The Bertz CT molecular complexity index is 574. The fourth-order valence-electron chi connectivity index (χ4n) is 2.06. The Balaban J connectivity index is 2.23. The lowest BCUT2D eigenvalue weighted by atomic mass is 9.97. The highest BCUT2D eigenvalue weighted by atomic mass is 79.9. The van der Waals surface area contributed by atoms with Gasteiger partial charge < -0.3 is 5.11 Å². The van der Waals surface area contributed by atoms with Crippen molar-refractivity contribution in [3.8, 4) is 0 Å². The van der Waals surface area contributed by atoms with Gasteiger partial charge in [-0.05, 0) is 41.3 Å². The summed E-state index contributed by atoms with van der Waals surface area (Å²) in [5, 5.41) is 10.3. The lowest BCUT2D eigenvalue weighted by Gasteiger charge is -2.15. The summed E-state index contributed by atoms with van der Waals surface area (Å²) in [6, 6.07) is 6.34. The van der Waals surface area contributed by atoms with E-state index in [2.05, 4.69) is 20.9 Å². The molecule has 1 atom stereocenters. The van der Waals surface area contributed by atoms with Crippen LogP contribution in [0.15, 0.2) is 41.1 Å². The largest absolute Gasteiger partial charge is 0.388 e. The van der Waals surface area contributed by atoms with Crippen molar-refractivity contribution in [3.05, 3.63) is 63.6 Å². The van der Waals surface area contributed by atoms with Crippen molar-refractivity contribution in [1.82, 2.24) is 4.98 Å². The number of benzene rings is 1. The van der Waals surface area contributed by atoms with Crippen LogP contribution >= 0.6 is 15.9 Å². The first-order chi connectivity index (χ1) is 9.11. The molecular weight excluding hydrogens is 309 g/mol. The van der Waals surface area contributed by atoms with Crippen molar-refractivity contribution in [2.45, 2.75) is 25.9 Å². The van der Waals surface area contributed by atoms with Gasteiger partial charge in [-0.3, -0.25) is 4.98 Å². The fraction of sp³-hybridized carbons (Fsp3) is 0.267. The van der Waals surface area contributed by atoms with Crippen LogP contribution in [-0.4, -0.2) is 10.1 Å². The molecule has 0 amide bonds. The summed E-state index contributed by atoms with van der Waals surface area (Å²) in [6.45, 7) is 2.03. The monoisotopic (exact) mass is 323 g/mol. The third kappa shape index (κ3) is 3.39. The summed E-state index contributed by atoms with van der Waals surface area (Å²) in [5.41, 5.74) is 2.80. The van der Waals surface area contributed by atoms with Crippen LogP contribution < -0.4 is 0 Å². The molecule has 2 rings (SSSR count). The topological polar surface area (TPSA) is 33.1 Å². The summed E-state index contributed by atoms with van der Waals surface area (Å²) < 4.78 is 13.7. The van der Waals surface area contributed by atoms with Gasteiger partial charge in [0.25, 0.3) is 0 Å². The zero-order valence-corrected chi connectivity index (χ0v) is 12.2. The first kappa shape index (κ1) is 14.2. The molecule has 2 aromatic rings. The Hall–Kier alpha value is -1.26. The minimum Gasteiger partial charge on any atom is -0.388 e. The molecule has 0 aliphatic heterocycles. The molecule has 100 valence electrons. The maximum Gasteiger partial charge on any atom is 0.124 e. The molecular formula is C15H15BrFNO. The van der Waals surface area contributed by atoms with Crippen LogP contribution in [0, 0.1) is 5.82 Å². The van der Waals surface area contributed by atoms with Crippen LogP contribution in [0.3, 0.4) is 0 Å². The van der Waals surface area contributed by atoms with Gasteiger partial charge in [0.15, 0.2) is 0 Å². The van der Waals surface area contributed by atoms with Gasteiger partial charge in [-0.25, -0.2) is 4.39 Å². The molecule has 19 heavy (non-hydrogen) atoms. The van der Waals surface area contributed by atoms with E-state index in [1.807, 2.05) is 13.0 Å². The Kier molecular flexibility index (Phi) is 4.66. The molecule has 4 heteroatoms. The van der Waals surface area contributed by atoms with Gasteiger partial charge in [0, 0.05) is 23.3 Å². The van der Waals surface area contributed by atoms with Crippen LogP contribution in [0.1, 0.15) is 29.7 Å². The van der Waals surface area contributed by atoms with E-state index in [9.17, 15) is 9.50 Å². The first-order valence-electron chi connectivity index (χ1n) is 6.16. The standard InChI is InChI=1S/C15H15BrFNO/c1-2-10-9-18-6-5-13(10)15(19)7-11-3-4-12(17)8-14(11)16/h3-6,8-9,15,19H,2,7H2,1H3. The third-order valence-corrected chi connectivity index (χ3v) is 3.85. The molecule has 0 aliphatic rings. The van der Waals surface area contributed by atoms with Crippen LogP contribution in [0.2, 0.25) is 0 Å². The fourth-order valence-corrected chi connectivity index (χ4v) is 2.58. The van der Waals surface area contributed by atoms with Crippen molar-refractivity contribution in [2.24, 2.45) is 0 Å². The van der Waals surface area contributed by atoms with Gasteiger partial charge in [-0.1, -0.05) is 28.9 Å². The van der Waals surface area contributed by atoms with E-state index >= 15 is 0 Å². The molecule has 0 spiro atoms. The smallest absolute Gasteiger partial charge is 0.124 e. The van der Waals surface area contributed by atoms with Crippen LogP contribution in [-0.2, 0) is 12.8 Å². The van der Waals surface area contributed by atoms with E-state index in [1.54, 1.807) is 18.5 Å². The van der Waals surface area contributed by atoms with Gasteiger partial charge in [-0.15, -0.1) is 0 Å². The van der Waals surface area contributed by atoms with Gasteiger partial charge >= 0.3 is 0 Å². The summed E-state index contributed by atoms with van der Waals surface area (Å²) in [5.74, 6) is -0.289. The Labute approximate surface area is 120 Å². The Morgan fingerprint density at radius 2 is 2.11 bits per heavy atom. The molecule has 0 fully saturated rings. The number of aryl methyl sites for hydroxylation is 1. The zero-order valence-electron chi connectivity index (χ0n) is 10.6. The second-order valence-electron chi connectivity index (χ2n) is 4.38. The molecule has 0 radical (unpaired) electrons. The molecule has 0 aliphatic carbocycles. The number of rotatable bonds is 4. The normalized spacial score (nSPS) is 12.4. The average molecular weight is 324 g/mol. The minimum atomic E-state index is -0.611. The van der Waals surface area contributed by atoms with E-state index in [0.717, 1.165) is 23.1 Å². The summed E-state index contributed by atoms with van der Waals surface area (Å²) in [6.07, 6.45) is 4.11. The predicted molar refractivity (Wildman–Crippen MR) is 76.4 cm³/mol. The second kappa shape index (κ2) is 6.26. The second-order valence-corrected chi connectivity index (χ2v) is 5.24. The Morgan fingerprint density at radius 1 is 1.32 bits per heavy atom. The van der Waals surface area contributed by atoms with E-state index in [1.165, 1.54) is 12.1 Å². The SMILES string of the molecule is CCc1cnccc1C(O)Cc1ccc(F)cc1Br. The lowest BCUT2D eigenvalue weighted by Crippen LogP contribution is -2.06. The molecule has 1 aromatic heterocycles. The minimum absolute atomic E-state index is 0.289. The first-order valence-corrected chi connectivity index (χ1v) is 6.96. The van der Waals surface area contributed by atoms with Crippen molar-refractivity contribution in [1.29, 1.82) is 0 Å². The lowest BCUT2D eigenvalue weighted by molar-refractivity contribution is 0.177. The van der Waals surface area contributed by atoms with E-state index in [4.69, 9.17) is 0 Å². The molecule has 1 aromatic carbocycles.